The van der Waals surface area contributed by atoms with Crippen LogP contribution in [0.4, 0.5) is 0 Å². The number of carboxylic acids is 1. The van der Waals surface area contributed by atoms with Crippen LogP contribution in [0.15, 0.2) is 12.1 Å². The van der Waals surface area contributed by atoms with Gasteiger partial charge in [-0.1, -0.05) is 6.07 Å². The van der Waals surface area contributed by atoms with Crippen molar-refractivity contribution in [3.8, 4) is 11.5 Å². The number of nitrogens with one attached hydrogen (secondary N) is 1. The van der Waals surface area contributed by atoms with E-state index in [1.165, 1.54) is 19.9 Å². The smallest absolute Gasteiger partial charge is 0.321 e. The first kappa shape index (κ1) is 15.0. The molecule has 1 aliphatic heterocycles. The predicted octanol–water partition coefficient (Wildman–Crippen LogP) is 0.636. The molecule has 0 saturated carbocycles. The number of ether oxygens (including phenoxy) is 2. The van der Waals surface area contributed by atoms with E-state index in [4.69, 9.17) is 14.6 Å². The Bertz CT molecular complexity index is 610. The second kappa shape index (κ2) is 5.92. The lowest BCUT2D eigenvalue weighted by Crippen LogP contribution is -2.41. The van der Waals surface area contributed by atoms with Crippen molar-refractivity contribution < 1.29 is 29.0 Å². The van der Waals surface area contributed by atoms with Crippen LogP contribution in [0.3, 0.4) is 0 Å². The topological polar surface area (TPSA) is 102 Å². The molecule has 2 rings (SSSR count). The molecule has 0 aromatic heterocycles. The summed E-state index contributed by atoms with van der Waals surface area (Å²) in [6, 6.07) is 2.49. The van der Waals surface area contributed by atoms with Crippen molar-refractivity contribution in [3.05, 3.63) is 23.3 Å². The third-order valence-corrected chi connectivity index (χ3v) is 3.07. The van der Waals surface area contributed by atoms with Gasteiger partial charge in [-0.15, -0.1) is 0 Å². The number of aliphatic carboxylic acids is 1. The number of carboxylic acid groups (broad SMARTS) is 1. The Balaban J connectivity index is 2.42. The SMILES string of the molecule is CC(=O)Oc1ccc2c(c1OC(C)=O)CNC(C(=O)O)C2. The Hall–Kier alpha value is -2.41. The van der Waals surface area contributed by atoms with Crippen molar-refractivity contribution in [2.75, 3.05) is 0 Å². The lowest BCUT2D eigenvalue weighted by molar-refractivity contribution is -0.139. The number of esters is 2. The van der Waals surface area contributed by atoms with Crippen LogP contribution in [0.5, 0.6) is 11.5 Å². The van der Waals surface area contributed by atoms with Crippen molar-refractivity contribution in [2.24, 2.45) is 0 Å². The molecule has 1 aromatic rings. The van der Waals surface area contributed by atoms with E-state index < -0.39 is 23.9 Å². The Morgan fingerprint density at radius 3 is 2.43 bits per heavy atom. The van der Waals surface area contributed by atoms with Gasteiger partial charge in [0.05, 0.1) is 0 Å². The van der Waals surface area contributed by atoms with Crippen LogP contribution in [0.25, 0.3) is 0 Å². The van der Waals surface area contributed by atoms with E-state index >= 15 is 0 Å². The number of rotatable bonds is 3. The Kier molecular flexibility index (Phi) is 4.23. The molecule has 0 bridgehead atoms. The van der Waals surface area contributed by atoms with Crippen LogP contribution in [0.2, 0.25) is 0 Å². The molecule has 0 aliphatic carbocycles. The van der Waals surface area contributed by atoms with Gasteiger partial charge in [0.1, 0.15) is 6.04 Å². The van der Waals surface area contributed by atoms with Gasteiger partial charge >= 0.3 is 17.9 Å². The van der Waals surface area contributed by atoms with E-state index in [1.54, 1.807) is 6.07 Å². The lowest BCUT2D eigenvalue weighted by Gasteiger charge is -2.25. The zero-order valence-corrected chi connectivity index (χ0v) is 11.6. The van der Waals surface area contributed by atoms with Gasteiger partial charge in [0.25, 0.3) is 0 Å². The first-order chi connectivity index (χ1) is 9.88. The van der Waals surface area contributed by atoms with Gasteiger partial charge in [-0.25, -0.2) is 0 Å². The van der Waals surface area contributed by atoms with Gasteiger partial charge in [0.2, 0.25) is 0 Å². The molecule has 1 heterocycles. The molecule has 1 aromatic carbocycles. The third-order valence-electron chi connectivity index (χ3n) is 3.07. The summed E-state index contributed by atoms with van der Waals surface area (Å²) in [5.41, 5.74) is 1.37. The van der Waals surface area contributed by atoms with Crippen LogP contribution < -0.4 is 14.8 Å². The van der Waals surface area contributed by atoms with Crippen molar-refractivity contribution in [3.63, 3.8) is 0 Å². The summed E-state index contributed by atoms with van der Waals surface area (Å²) in [5, 5.41) is 11.9. The summed E-state index contributed by atoms with van der Waals surface area (Å²) < 4.78 is 10.2. The summed E-state index contributed by atoms with van der Waals surface area (Å²) in [5.74, 6) is -1.72. The Labute approximate surface area is 120 Å². The summed E-state index contributed by atoms with van der Waals surface area (Å²) in [4.78, 5) is 33.4. The molecule has 7 heteroatoms. The van der Waals surface area contributed by atoms with Gasteiger partial charge in [0, 0.05) is 26.0 Å². The van der Waals surface area contributed by atoms with Gasteiger partial charge < -0.3 is 14.6 Å². The maximum absolute atomic E-state index is 11.2. The summed E-state index contributed by atoms with van der Waals surface area (Å²) in [6.45, 7) is 2.70. The summed E-state index contributed by atoms with van der Waals surface area (Å²) >= 11 is 0. The first-order valence-corrected chi connectivity index (χ1v) is 6.36. The van der Waals surface area contributed by atoms with Gasteiger partial charge in [-0.05, 0) is 18.1 Å². The molecule has 2 N–H and O–H groups in total. The van der Waals surface area contributed by atoms with Crippen molar-refractivity contribution in [2.45, 2.75) is 32.9 Å². The Morgan fingerprint density at radius 1 is 1.19 bits per heavy atom. The predicted molar refractivity (Wildman–Crippen MR) is 71.0 cm³/mol. The molecular formula is C14H15NO6. The van der Waals surface area contributed by atoms with Gasteiger partial charge in [-0.3, -0.25) is 19.7 Å². The second-order valence-electron chi connectivity index (χ2n) is 4.69. The van der Waals surface area contributed by atoms with Gasteiger partial charge in [0.15, 0.2) is 11.5 Å². The third kappa shape index (κ3) is 3.38. The first-order valence-electron chi connectivity index (χ1n) is 6.36. The molecule has 21 heavy (non-hydrogen) atoms. The molecule has 0 spiro atoms. The van der Waals surface area contributed by atoms with E-state index in [9.17, 15) is 14.4 Å². The number of benzene rings is 1. The maximum atomic E-state index is 11.2. The highest BCUT2D eigenvalue weighted by Gasteiger charge is 2.28. The van der Waals surface area contributed by atoms with E-state index in [-0.39, 0.29) is 24.5 Å². The Morgan fingerprint density at radius 2 is 1.86 bits per heavy atom. The normalized spacial score (nSPS) is 16.8. The van der Waals surface area contributed by atoms with E-state index in [2.05, 4.69) is 5.32 Å². The minimum Gasteiger partial charge on any atom is -0.480 e. The second-order valence-corrected chi connectivity index (χ2v) is 4.69. The molecular weight excluding hydrogens is 278 g/mol. The standard InChI is InChI=1S/C14H15NO6/c1-7(16)20-12-4-3-9-5-11(14(18)19)15-6-10(9)13(12)21-8(2)17/h3-4,11,15H,5-6H2,1-2H3,(H,18,19). The van der Waals surface area contributed by atoms with Crippen molar-refractivity contribution in [1.29, 1.82) is 0 Å². The molecule has 112 valence electrons. The van der Waals surface area contributed by atoms with Crippen LogP contribution >= 0.6 is 0 Å². The fourth-order valence-electron chi connectivity index (χ4n) is 2.21. The van der Waals surface area contributed by atoms with Crippen molar-refractivity contribution in [1.82, 2.24) is 5.32 Å². The van der Waals surface area contributed by atoms with Crippen LogP contribution in [0, 0.1) is 0 Å². The molecule has 7 nitrogen and oxygen atoms in total. The molecule has 0 amide bonds. The summed E-state index contributed by atoms with van der Waals surface area (Å²) in [6.07, 6.45) is 0.263. The highest BCUT2D eigenvalue weighted by molar-refractivity contribution is 5.77. The van der Waals surface area contributed by atoms with E-state index in [1.807, 2.05) is 0 Å². The average molecular weight is 293 g/mol. The number of hydrogen-bond donors (Lipinski definition) is 2. The molecule has 1 atom stereocenters. The van der Waals surface area contributed by atoms with E-state index in [0.717, 1.165) is 5.56 Å². The number of carbonyl (C=O) groups excluding carboxylic acids is 2. The fourth-order valence-corrected chi connectivity index (χ4v) is 2.21. The van der Waals surface area contributed by atoms with Crippen molar-refractivity contribution >= 4 is 17.9 Å². The largest absolute Gasteiger partial charge is 0.480 e. The van der Waals surface area contributed by atoms with Crippen LogP contribution in [-0.4, -0.2) is 29.1 Å². The average Bonchev–Trinajstić information content (AvgIpc) is 2.39. The number of hydrogen-bond acceptors (Lipinski definition) is 6. The van der Waals surface area contributed by atoms with Crippen LogP contribution in [0.1, 0.15) is 25.0 Å². The fraction of sp³-hybridized carbons (Fsp3) is 0.357. The summed E-state index contributed by atoms with van der Waals surface area (Å²) in [7, 11) is 0. The highest BCUT2D eigenvalue weighted by Crippen LogP contribution is 2.36. The molecule has 0 fully saturated rings. The molecule has 0 radical (unpaired) electrons. The quantitative estimate of drug-likeness (QED) is 0.622. The molecule has 1 unspecified atom stereocenters. The minimum atomic E-state index is -0.946. The van der Waals surface area contributed by atoms with Crippen LogP contribution in [-0.2, 0) is 27.3 Å². The zero-order valence-electron chi connectivity index (χ0n) is 11.6. The zero-order chi connectivity index (χ0) is 15.6. The highest BCUT2D eigenvalue weighted by atomic mass is 16.6. The number of fused-ring (bicyclic) bond motifs is 1. The molecule has 0 saturated heterocycles. The van der Waals surface area contributed by atoms with Gasteiger partial charge in [-0.2, -0.15) is 0 Å². The maximum Gasteiger partial charge on any atom is 0.321 e. The monoisotopic (exact) mass is 293 g/mol. The lowest BCUT2D eigenvalue weighted by atomic mass is 9.94. The molecule has 1 aliphatic rings. The number of carbonyl (C=O) groups is 3. The minimum absolute atomic E-state index is 0.145. The van der Waals surface area contributed by atoms with E-state index in [0.29, 0.717) is 5.56 Å².